The Morgan fingerprint density at radius 1 is 1.14 bits per heavy atom. The zero-order chi connectivity index (χ0) is 15.5. The minimum Gasteiger partial charge on any atom is -0.379 e. The van der Waals surface area contributed by atoms with E-state index in [1.807, 2.05) is 12.1 Å². The Bertz CT molecular complexity index is 588. The summed E-state index contributed by atoms with van der Waals surface area (Å²) in [5.41, 5.74) is 0.903. The lowest BCUT2D eigenvalue weighted by atomic mass is 9.95. The van der Waals surface area contributed by atoms with Gasteiger partial charge in [-0.1, -0.05) is 44.7 Å². The molecule has 0 unspecified atom stereocenters. The summed E-state index contributed by atoms with van der Waals surface area (Å²) in [7, 11) is 0. The molecule has 21 heavy (non-hydrogen) atoms. The predicted molar refractivity (Wildman–Crippen MR) is 88.6 cm³/mol. The van der Waals surface area contributed by atoms with E-state index in [0.29, 0.717) is 23.2 Å². The maximum absolute atomic E-state index is 12.5. The molecule has 1 aromatic carbocycles. The molecule has 0 amide bonds. The fraction of sp³-hybridized carbons (Fsp3) is 0.375. The van der Waals surface area contributed by atoms with Crippen LogP contribution < -0.4 is 5.32 Å². The van der Waals surface area contributed by atoms with Crippen molar-refractivity contribution in [2.45, 2.75) is 43.4 Å². The zero-order valence-corrected chi connectivity index (χ0v) is 14.0. The second kappa shape index (κ2) is 6.79. The molecule has 0 bridgehead atoms. The van der Waals surface area contributed by atoms with Crippen LogP contribution in [0.25, 0.3) is 0 Å². The molecule has 0 saturated carbocycles. The van der Waals surface area contributed by atoms with E-state index in [-0.39, 0.29) is 5.41 Å². The van der Waals surface area contributed by atoms with Crippen molar-refractivity contribution in [1.29, 1.82) is 0 Å². The lowest BCUT2D eigenvalue weighted by Gasteiger charge is -2.15. The Kier molecular flexibility index (Phi) is 5.27. The average Bonchev–Trinajstić information content (AvgIpc) is 2.86. The van der Waals surface area contributed by atoms with Crippen molar-refractivity contribution in [2.24, 2.45) is 0 Å². The Balaban J connectivity index is 2.05. The number of nitrogens with one attached hydrogen (secondary N) is 1. The SMILES string of the molecule is CC(C)(C)c1ccc(CNc2ccccc2SC(F)F)s1. The number of alkyl halides is 2. The summed E-state index contributed by atoms with van der Waals surface area (Å²) in [4.78, 5) is 3.12. The first-order chi connectivity index (χ1) is 9.86. The second-order valence-electron chi connectivity index (χ2n) is 5.74. The molecule has 1 N–H and O–H groups in total. The third-order valence-corrected chi connectivity index (χ3v) is 5.26. The van der Waals surface area contributed by atoms with Crippen molar-refractivity contribution in [3.05, 3.63) is 46.2 Å². The Morgan fingerprint density at radius 2 is 1.86 bits per heavy atom. The largest absolute Gasteiger partial charge is 0.379 e. The van der Waals surface area contributed by atoms with E-state index in [4.69, 9.17) is 0 Å². The molecule has 0 aliphatic carbocycles. The minimum atomic E-state index is -2.40. The molecule has 1 heterocycles. The van der Waals surface area contributed by atoms with Gasteiger partial charge in [0, 0.05) is 26.9 Å². The highest BCUT2D eigenvalue weighted by atomic mass is 32.2. The number of anilines is 1. The van der Waals surface area contributed by atoms with Crippen molar-refractivity contribution in [1.82, 2.24) is 0 Å². The zero-order valence-electron chi connectivity index (χ0n) is 12.3. The van der Waals surface area contributed by atoms with Crippen LogP contribution >= 0.6 is 23.1 Å². The van der Waals surface area contributed by atoms with Crippen LogP contribution in [0.5, 0.6) is 0 Å². The molecule has 0 fully saturated rings. The van der Waals surface area contributed by atoms with E-state index in [1.165, 1.54) is 9.75 Å². The van der Waals surface area contributed by atoms with E-state index in [1.54, 1.807) is 23.5 Å². The first kappa shape index (κ1) is 16.3. The first-order valence-corrected chi connectivity index (χ1v) is 8.43. The van der Waals surface area contributed by atoms with Crippen molar-refractivity contribution >= 4 is 28.8 Å². The molecule has 0 aliphatic rings. The summed E-state index contributed by atoms with van der Waals surface area (Å²) in [5, 5.41) is 3.26. The van der Waals surface area contributed by atoms with Gasteiger partial charge in [0.1, 0.15) is 0 Å². The number of hydrogen-bond donors (Lipinski definition) is 1. The van der Waals surface area contributed by atoms with Crippen LogP contribution in [0.1, 0.15) is 30.5 Å². The summed E-state index contributed by atoms with van der Waals surface area (Å²) in [5.74, 6) is -2.40. The van der Waals surface area contributed by atoms with Gasteiger partial charge in [-0.2, -0.15) is 8.78 Å². The van der Waals surface area contributed by atoms with Crippen LogP contribution in [-0.4, -0.2) is 5.76 Å². The molecule has 0 radical (unpaired) electrons. The fourth-order valence-corrected chi connectivity index (χ4v) is 3.49. The summed E-state index contributed by atoms with van der Waals surface area (Å²) in [6.07, 6.45) is 0. The second-order valence-corrected chi connectivity index (χ2v) is 7.94. The number of thiophene rings is 1. The summed E-state index contributed by atoms with van der Waals surface area (Å²) in [6, 6.07) is 11.4. The van der Waals surface area contributed by atoms with E-state index in [2.05, 4.69) is 38.2 Å². The minimum absolute atomic E-state index is 0.145. The van der Waals surface area contributed by atoms with Crippen LogP contribution in [0.15, 0.2) is 41.3 Å². The van der Waals surface area contributed by atoms with Gasteiger partial charge in [0.15, 0.2) is 0 Å². The molecule has 114 valence electrons. The van der Waals surface area contributed by atoms with E-state index < -0.39 is 5.76 Å². The van der Waals surface area contributed by atoms with Gasteiger partial charge in [-0.15, -0.1) is 11.3 Å². The maximum atomic E-state index is 12.5. The maximum Gasteiger partial charge on any atom is 0.288 e. The third kappa shape index (κ3) is 4.71. The molecule has 0 atom stereocenters. The Morgan fingerprint density at radius 3 is 2.48 bits per heavy atom. The van der Waals surface area contributed by atoms with Gasteiger partial charge in [0.05, 0.1) is 0 Å². The van der Waals surface area contributed by atoms with Crippen molar-refractivity contribution in [3.63, 3.8) is 0 Å². The van der Waals surface area contributed by atoms with Crippen LogP contribution in [-0.2, 0) is 12.0 Å². The van der Waals surface area contributed by atoms with Crippen LogP contribution in [0, 0.1) is 0 Å². The summed E-state index contributed by atoms with van der Waals surface area (Å²) in [6.45, 7) is 7.21. The predicted octanol–water partition coefficient (Wildman–Crippen LogP) is 5.97. The van der Waals surface area contributed by atoms with Crippen LogP contribution in [0.3, 0.4) is 0 Å². The number of thioether (sulfide) groups is 1. The van der Waals surface area contributed by atoms with Crippen molar-refractivity contribution in [2.75, 3.05) is 5.32 Å². The number of benzene rings is 1. The van der Waals surface area contributed by atoms with Gasteiger partial charge in [-0.3, -0.25) is 0 Å². The van der Waals surface area contributed by atoms with Gasteiger partial charge in [0.2, 0.25) is 0 Å². The Hall–Kier alpha value is -1.07. The molecule has 1 aromatic heterocycles. The van der Waals surface area contributed by atoms with Gasteiger partial charge in [0.25, 0.3) is 5.76 Å². The van der Waals surface area contributed by atoms with Gasteiger partial charge in [-0.05, 0) is 29.7 Å². The monoisotopic (exact) mass is 327 g/mol. The first-order valence-electron chi connectivity index (χ1n) is 6.73. The standard InChI is InChI=1S/C16H19F2NS2/c1-16(2,3)14-9-8-11(20-14)10-19-12-6-4-5-7-13(12)21-15(17)18/h4-9,15,19H,10H2,1-3H3. The van der Waals surface area contributed by atoms with E-state index >= 15 is 0 Å². The number of rotatable bonds is 5. The van der Waals surface area contributed by atoms with Crippen molar-refractivity contribution < 1.29 is 8.78 Å². The molecule has 2 aromatic rings. The highest BCUT2D eigenvalue weighted by Gasteiger charge is 2.16. The lowest BCUT2D eigenvalue weighted by molar-refractivity contribution is 0.252. The molecular formula is C16H19F2NS2. The van der Waals surface area contributed by atoms with Crippen LogP contribution in [0.4, 0.5) is 14.5 Å². The summed E-state index contributed by atoms with van der Waals surface area (Å²) >= 11 is 2.34. The van der Waals surface area contributed by atoms with Gasteiger partial charge >= 0.3 is 0 Å². The lowest BCUT2D eigenvalue weighted by Crippen LogP contribution is -2.07. The fourth-order valence-electron chi connectivity index (χ4n) is 1.87. The van der Waals surface area contributed by atoms with Crippen molar-refractivity contribution in [3.8, 4) is 0 Å². The van der Waals surface area contributed by atoms with Crippen LogP contribution in [0.2, 0.25) is 0 Å². The normalized spacial score (nSPS) is 11.9. The Labute approximate surface area is 132 Å². The number of halogens is 2. The number of hydrogen-bond acceptors (Lipinski definition) is 3. The van der Waals surface area contributed by atoms with E-state index in [9.17, 15) is 8.78 Å². The molecule has 0 spiro atoms. The molecule has 0 aliphatic heterocycles. The highest BCUT2D eigenvalue weighted by Crippen LogP contribution is 2.33. The summed E-state index contributed by atoms with van der Waals surface area (Å²) < 4.78 is 25.1. The smallest absolute Gasteiger partial charge is 0.288 e. The molecule has 2 rings (SSSR count). The third-order valence-electron chi connectivity index (χ3n) is 2.96. The topological polar surface area (TPSA) is 12.0 Å². The quantitative estimate of drug-likeness (QED) is 0.679. The van der Waals surface area contributed by atoms with Gasteiger partial charge < -0.3 is 5.32 Å². The van der Waals surface area contributed by atoms with E-state index in [0.717, 1.165) is 5.69 Å². The molecule has 1 nitrogen and oxygen atoms in total. The highest BCUT2D eigenvalue weighted by molar-refractivity contribution is 7.99. The van der Waals surface area contributed by atoms with Gasteiger partial charge in [-0.25, -0.2) is 0 Å². The molecule has 0 saturated heterocycles. The number of para-hydroxylation sites is 1. The average molecular weight is 327 g/mol. The molecule has 5 heteroatoms. The molecular weight excluding hydrogens is 308 g/mol.